The third kappa shape index (κ3) is 6.49. The van der Waals surface area contributed by atoms with Crippen molar-refractivity contribution < 1.29 is 9.59 Å². The average Bonchev–Trinajstić information content (AvgIpc) is 3.59. The predicted octanol–water partition coefficient (Wildman–Crippen LogP) is 4.39. The van der Waals surface area contributed by atoms with Crippen LogP contribution in [0.5, 0.6) is 0 Å². The van der Waals surface area contributed by atoms with Crippen LogP contribution in [0.3, 0.4) is 0 Å². The third-order valence-electron chi connectivity index (χ3n) is 8.14. The van der Waals surface area contributed by atoms with Crippen LogP contribution >= 0.6 is 15.9 Å². The summed E-state index contributed by atoms with van der Waals surface area (Å²) in [5.74, 6) is 1.14. The number of nitrogens with one attached hydrogen (secondary N) is 2. The van der Waals surface area contributed by atoms with E-state index < -0.39 is 0 Å². The molecule has 5 rings (SSSR count). The van der Waals surface area contributed by atoms with Crippen molar-refractivity contribution in [3.8, 4) is 0 Å². The van der Waals surface area contributed by atoms with Crippen LogP contribution in [0.1, 0.15) is 61.0 Å². The van der Waals surface area contributed by atoms with Gasteiger partial charge in [-0.3, -0.25) is 9.59 Å². The van der Waals surface area contributed by atoms with Gasteiger partial charge in [-0.1, -0.05) is 6.42 Å². The molecule has 3 aliphatic rings. The zero-order valence-electron chi connectivity index (χ0n) is 21.8. The average molecular weight is 570 g/mol. The SMILES string of the molecule is CN1CCC(N(C)C(=O)c2ccc(Nc3ncc(Br)c(C[C@@H]4CCC[C@@H]4C(=O)NC4CC4)n3)cc2)CC1. The molecular weight excluding hydrogens is 532 g/mol. The number of hydrogen-bond donors (Lipinski definition) is 2. The maximum Gasteiger partial charge on any atom is 0.253 e. The fourth-order valence-electron chi connectivity index (χ4n) is 5.59. The lowest BCUT2D eigenvalue weighted by molar-refractivity contribution is -0.126. The zero-order valence-corrected chi connectivity index (χ0v) is 23.3. The Bertz CT molecular complexity index is 1110. The van der Waals surface area contributed by atoms with Crippen molar-refractivity contribution in [3.05, 3.63) is 46.2 Å². The molecule has 198 valence electrons. The van der Waals surface area contributed by atoms with Crippen molar-refractivity contribution in [2.75, 3.05) is 32.5 Å². The number of amides is 2. The molecule has 2 atom stereocenters. The normalized spacial score (nSPS) is 22.6. The lowest BCUT2D eigenvalue weighted by Gasteiger charge is -2.35. The molecule has 3 fully saturated rings. The zero-order chi connectivity index (χ0) is 25.9. The Balaban J connectivity index is 1.20. The summed E-state index contributed by atoms with van der Waals surface area (Å²) in [5, 5.41) is 6.46. The van der Waals surface area contributed by atoms with Crippen LogP contribution in [0.15, 0.2) is 34.9 Å². The summed E-state index contributed by atoms with van der Waals surface area (Å²) in [6.45, 7) is 2.05. The first-order valence-corrected chi connectivity index (χ1v) is 14.3. The summed E-state index contributed by atoms with van der Waals surface area (Å²) in [6, 6.07) is 8.20. The van der Waals surface area contributed by atoms with Crippen molar-refractivity contribution in [3.63, 3.8) is 0 Å². The Morgan fingerprint density at radius 2 is 1.81 bits per heavy atom. The van der Waals surface area contributed by atoms with Gasteiger partial charge in [0.15, 0.2) is 0 Å². The Morgan fingerprint density at radius 1 is 1.08 bits per heavy atom. The number of anilines is 2. The maximum absolute atomic E-state index is 13.0. The second-order valence-corrected chi connectivity index (χ2v) is 11.8. The molecule has 1 aromatic carbocycles. The quantitative estimate of drug-likeness (QED) is 0.491. The van der Waals surface area contributed by atoms with E-state index in [9.17, 15) is 9.59 Å². The van der Waals surface area contributed by atoms with Crippen LogP contribution < -0.4 is 10.6 Å². The highest BCUT2D eigenvalue weighted by molar-refractivity contribution is 9.10. The summed E-state index contributed by atoms with van der Waals surface area (Å²) in [5.41, 5.74) is 2.43. The van der Waals surface area contributed by atoms with E-state index in [1.54, 1.807) is 6.20 Å². The van der Waals surface area contributed by atoms with Gasteiger partial charge in [0.05, 0.1) is 10.2 Å². The molecule has 0 radical (unpaired) electrons. The molecule has 2 heterocycles. The largest absolute Gasteiger partial charge is 0.353 e. The van der Waals surface area contributed by atoms with Gasteiger partial charge in [0.25, 0.3) is 5.91 Å². The first kappa shape index (κ1) is 26.1. The molecule has 2 amide bonds. The summed E-state index contributed by atoms with van der Waals surface area (Å²) in [6.07, 6.45) is 9.84. The minimum absolute atomic E-state index is 0.0557. The number of hydrogen-bond acceptors (Lipinski definition) is 6. The summed E-state index contributed by atoms with van der Waals surface area (Å²) in [4.78, 5) is 39.1. The highest BCUT2D eigenvalue weighted by Crippen LogP contribution is 2.36. The van der Waals surface area contributed by atoms with Crippen molar-refractivity contribution in [1.82, 2.24) is 25.1 Å². The number of carbonyl (C=O) groups is 2. The van der Waals surface area contributed by atoms with E-state index in [2.05, 4.69) is 43.5 Å². The van der Waals surface area contributed by atoms with E-state index >= 15 is 0 Å². The molecule has 2 saturated carbocycles. The van der Waals surface area contributed by atoms with Crippen LogP contribution in [-0.4, -0.2) is 70.9 Å². The van der Waals surface area contributed by atoms with Gasteiger partial charge >= 0.3 is 0 Å². The van der Waals surface area contributed by atoms with Gasteiger partial charge in [-0.2, -0.15) is 0 Å². The van der Waals surface area contributed by atoms with Gasteiger partial charge < -0.3 is 20.4 Å². The fourth-order valence-corrected chi connectivity index (χ4v) is 5.95. The standard InChI is InChI=1S/C28H37BrN6O2/c1-34-14-12-22(13-15-34)35(2)27(37)18-6-8-21(9-7-18)32-28-30-17-24(29)25(33-28)16-19-4-3-5-23(19)26(36)31-20-10-11-20/h6-9,17,19-20,22-23H,3-5,10-16H2,1-2H3,(H,31,36)(H,30,32,33)/t19-,23-/m0/s1. The number of piperidine rings is 1. The predicted molar refractivity (Wildman–Crippen MR) is 148 cm³/mol. The Labute approximate surface area is 227 Å². The first-order chi connectivity index (χ1) is 17.9. The number of aromatic nitrogens is 2. The van der Waals surface area contributed by atoms with E-state index in [1.807, 2.05) is 36.2 Å². The molecule has 37 heavy (non-hydrogen) atoms. The van der Waals surface area contributed by atoms with Gasteiger partial charge in [-0.25, -0.2) is 9.97 Å². The van der Waals surface area contributed by atoms with E-state index in [-0.39, 0.29) is 23.8 Å². The lowest BCUT2D eigenvalue weighted by Crippen LogP contribution is -2.44. The maximum atomic E-state index is 13.0. The molecule has 2 aliphatic carbocycles. The van der Waals surface area contributed by atoms with Crippen LogP contribution in [0.2, 0.25) is 0 Å². The van der Waals surface area contributed by atoms with E-state index in [0.717, 1.165) is 80.3 Å². The van der Waals surface area contributed by atoms with Crippen LogP contribution in [0.4, 0.5) is 11.6 Å². The van der Waals surface area contributed by atoms with E-state index in [4.69, 9.17) is 4.98 Å². The number of likely N-dealkylation sites (tertiary alicyclic amines) is 1. The molecular formula is C28H37BrN6O2. The molecule has 8 nitrogen and oxygen atoms in total. The Kier molecular flexibility index (Phi) is 8.09. The van der Waals surface area contributed by atoms with Gasteiger partial charge in [-0.05, 0) is 111 Å². The number of benzene rings is 1. The smallest absolute Gasteiger partial charge is 0.253 e. The van der Waals surface area contributed by atoms with Gasteiger partial charge in [0.2, 0.25) is 11.9 Å². The highest BCUT2D eigenvalue weighted by atomic mass is 79.9. The third-order valence-corrected chi connectivity index (χ3v) is 8.80. The number of halogens is 1. The van der Waals surface area contributed by atoms with Crippen molar-refractivity contribution >= 4 is 39.4 Å². The van der Waals surface area contributed by atoms with Gasteiger partial charge in [0, 0.05) is 42.5 Å². The van der Waals surface area contributed by atoms with Gasteiger partial charge in [-0.15, -0.1) is 0 Å². The van der Waals surface area contributed by atoms with Crippen LogP contribution in [-0.2, 0) is 11.2 Å². The molecule has 0 spiro atoms. The molecule has 0 bridgehead atoms. The monoisotopic (exact) mass is 568 g/mol. The molecule has 1 aromatic heterocycles. The summed E-state index contributed by atoms with van der Waals surface area (Å²) < 4.78 is 0.865. The minimum atomic E-state index is 0.0557. The number of carbonyl (C=O) groups excluding carboxylic acids is 2. The van der Waals surface area contributed by atoms with Crippen molar-refractivity contribution in [2.45, 2.75) is 63.5 Å². The lowest BCUT2D eigenvalue weighted by atomic mass is 9.90. The highest BCUT2D eigenvalue weighted by Gasteiger charge is 2.36. The van der Waals surface area contributed by atoms with Crippen LogP contribution in [0.25, 0.3) is 0 Å². The molecule has 2 N–H and O–H groups in total. The minimum Gasteiger partial charge on any atom is -0.353 e. The molecule has 1 saturated heterocycles. The van der Waals surface area contributed by atoms with Gasteiger partial charge in [0.1, 0.15) is 0 Å². The van der Waals surface area contributed by atoms with E-state index in [0.29, 0.717) is 23.5 Å². The fraction of sp³-hybridized carbons (Fsp3) is 0.571. The van der Waals surface area contributed by atoms with Crippen molar-refractivity contribution in [1.29, 1.82) is 0 Å². The molecule has 0 unspecified atom stereocenters. The summed E-state index contributed by atoms with van der Waals surface area (Å²) >= 11 is 3.61. The first-order valence-electron chi connectivity index (χ1n) is 13.5. The van der Waals surface area contributed by atoms with Crippen LogP contribution in [0, 0.1) is 11.8 Å². The molecule has 2 aromatic rings. The van der Waals surface area contributed by atoms with E-state index in [1.165, 1.54) is 0 Å². The van der Waals surface area contributed by atoms with Crippen molar-refractivity contribution in [2.24, 2.45) is 11.8 Å². The Morgan fingerprint density at radius 3 is 2.51 bits per heavy atom. The topological polar surface area (TPSA) is 90.5 Å². The molecule has 9 heteroatoms. The number of rotatable bonds is 8. The second kappa shape index (κ2) is 11.5. The second-order valence-electron chi connectivity index (χ2n) is 10.9. The summed E-state index contributed by atoms with van der Waals surface area (Å²) in [7, 11) is 4.04. The Hall–Kier alpha value is -2.52. The molecule has 1 aliphatic heterocycles. The number of nitrogens with zero attached hydrogens (tertiary/aromatic N) is 4.